The van der Waals surface area contributed by atoms with E-state index in [2.05, 4.69) is 34.2 Å². The molecule has 0 radical (unpaired) electrons. The van der Waals surface area contributed by atoms with E-state index >= 15 is 0 Å². The summed E-state index contributed by atoms with van der Waals surface area (Å²) in [6.07, 6.45) is 3.72. The van der Waals surface area contributed by atoms with E-state index in [9.17, 15) is 0 Å². The summed E-state index contributed by atoms with van der Waals surface area (Å²) in [7, 11) is 0. The third-order valence-electron chi connectivity index (χ3n) is 3.33. The van der Waals surface area contributed by atoms with Crippen molar-refractivity contribution in [3.8, 4) is 0 Å². The van der Waals surface area contributed by atoms with Crippen LogP contribution in [0.5, 0.6) is 0 Å². The van der Waals surface area contributed by atoms with Gasteiger partial charge in [0, 0.05) is 25.2 Å². The monoisotopic (exact) mass is 224 g/mol. The molecule has 1 N–H and O–H groups in total. The number of nitrogens with zero attached hydrogens (tertiary/aromatic N) is 3. The lowest BCUT2D eigenvalue weighted by atomic mass is 10.1. The SMILES string of the molecule is CCC1CN(Cc2ncon2)C(CC)CN1. The van der Waals surface area contributed by atoms with Crippen molar-refractivity contribution >= 4 is 0 Å². The molecule has 5 heteroatoms. The molecular formula is C11H20N4O. The third kappa shape index (κ3) is 2.59. The zero-order chi connectivity index (χ0) is 11.4. The van der Waals surface area contributed by atoms with Crippen LogP contribution < -0.4 is 5.32 Å². The zero-order valence-electron chi connectivity index (χ0n) is 10.0. The van der Waals surface area contributed by atoms with Gasteiger partial charge in [-0.2, -0.15) is 4.98 Å². The number of aromatic nitrogens is 2. The van der Waals surface area contributed by atoms with Crippen molar-refractivity contribution in [1.82, 2.24) is 20.4 Å². The van der Waals surface area contributed by atoms with Crippen LogP contribution in [0.2, 0.25) is 0 Å². The number of rotatable bonds is 4. The van der Waals surface area contributed by atoms with Gasteiger partial charge in [0.05, 0.1) is 6.54 Å². The van der Waals surface area contributed by atoms with Gasteiger partial charge in [0.15, 0.2) is 5.82 Å². The van der Waals surface area contributed by atoms with Crippen molar-refractivity contribution < 1.29 is 4.52 Å². The van der Waals surface area contributed by atoms with E-state index in [0.717, 1.165) is 31.9 Å². The average Bonchev–Trinajstić information content (AvgIpc) is 2.82. The van der Waals surface area contributed by atoms with E-state index in [-0.39, 0.29) is 0 Å². The van der Waals surface area contributed by atoms with E-state index < -0.39 is 0 Å². The lowest BCUT2D eigenvalue weighted by molar-refractivity contribution is 0.113. The van der Waals surface area contributed by atoms with Gasteiger partial charge in [0.25, 0.3) is 0 Å². The smallest absolute Gasteiger partial charge is 0.213 e. The molecule has 0 aromatic carbocycles. The Morgan fingerprint density at radius 3 is 3.00 bits per heavy atom. The lowest BCUT2D eigenvalue weighted by Gasteiger charge is -2.39. The summed E-state index contributed by atoms with van der Waals surface area (Å²) in [5, 5.41) is 7.46. The minimum absolute atomic E-state index is 0.585. The second-order valence-electron chi connectivity index (χ2n) is 4.35. The summed E-state index contributed by atoms with van der Waals surface area (Å²) in [6, 6.07) is 1.18. The molecule has 1 aliphatic heterocycles. The summed E-state index contributed by atoms with van der Waals surface area (Å²) in [6.45, 7) is 7.38. The fraction of sp³-hybridized carbons (Fsp3) is 0.818. The van der Waals surface area contributed by atoms with Crippen LogP contribution in [0.25, 0.3) is 0 Å². The Kier molecular flexibility index (Phi) is 3.90. The normalized spacial score (nSPS) is 27.1. The molecule has 0 aliphatic carbocycles. The zero-order valence-corrected chi connectivity index (χ0v) is 10.0. The molecule has 2 atom stereocenters. The third-order valence-corrected chi connectivity index (χ3v) is 3.33. The summed E-state index contributed by atoms with van der Waals surface area (Å²) in [5.41, 5.74) is 0. The predicted octanol–water partition coefficient (Wildman–Crippen LogP) is 1.03. The van der Waals surface area contributed by atoms with Gasteiger partial charge in [0.1, 0.15) is 0 Å². The summed E-state index contributed by atoms with van der Waals surface area (Å²) in [4.78, 5) is 6.54. The highest BCUT2D eigenvalue weighted by molar-refractivity contribution is 4.88. The Morgan fingerprint density at radius 1 is 1.50 bits per heavy atom. The molecule has 16 heavy (non-hydrogen) atoms. The Bertz CT molecular complexity index is 301. The van der Waals surface area contributed by atoms with Crippen molar-refractivity contribution in [2.45, 2.75) is 45.3 Å². The Hall–Kier alpha value is -0.940. The molecule has 5 nitrogen and oxygen atoms in total. The van der Waals surface area contributed by atoms with Gasteiger partial charge >= 0.3 is 0 Å². The quantitative estimate of drug-likeness (QED) is 0.828. The lowest BCUT2D eigenvalue weighted by Crippen LogP contribution is -2.55. The molecule has 90 valence electrons. The van der Waals surface area contributed by atoms with Gasteiger partial charge in [-0.25, -0.2) is 0 Å². The molecule has 0 saturated carbocycles. The Balaban J connectivity index is 1.97. The van der Waals surface area contributed by atoms with Crippen LogP contribution in [0.1, 0.15) is 32.5 Å². The molecule has 2 unspecified atom stereocenters. The van der Waals surface area contributed by atoms with Crippen LogP contribution >= 0.6 is 0 Å². The summed E-state index contributed by atoms with van der Waals surface area (Å²) in [5.74, 6) is 0.787. The molecule has 0 spiro atoms. The fourth-order valence-electron chi connectivity index (χ4n) is 2.24. The van der Waals surface area contributed by atoms with Gasteiger partial charge in [-0.05, 0) is 12.8 Å². The molecule has 2 heterocycles. The van der Waals surface area contributed by atoms with Crippen LogP contribution in [-0.4, -0.2) is 40.2 Å². The molecule has 0 bridgehead atoms. The van der Waals surface area contributed by atoms with Gasteiger partial charge < -0.3 is 9.84 Å². The molecule has 1 aliphatic rings. The van der Waals surface area contributed by atoms with E-state index in [0.29, 0.717) is 12.1 Å². The molecule has 0 amide bonds. The van der Waals surface area contributed by atoms with Gasteiger partial charge in [-0.3, -0.25) is 4.90 Å². The Morgan fingerprint density at radius 2 is 2.38 bits per heavy atom. The molecular weight excluding hydrogens is 204 g/mol. The highest BCUT2D eigenvalue weighted by Crippen LogP contribution is 2.14. The molecule has 1 fully saturated rings. The first-order chi connectivity index (χ1) is 7.83. The van der Waals surface area contributed by atoms with Crippen molar-refractivity contribution in [1.29, 1.82) is 0 Å². The van der Waals surface area contributed by atoms with Crippen LogP contribution in [0.3, 0.4) is 0 Å². The number of hydrogen-bond donors (Lipinski definition) is 1. The molecule has 2 rings (SSSR count). The van der Waals surface area contributed by atoms with Crippen molar-refractivity contribution in [3.63, 3.8) is 0 Å². The minimum atomic E-state index is 0.585. The van der Waals surface area contributed by atoms with Crippen LogP contribution in [-0.2, 0) is 6.54 Å². The molecule has 1 aromatic heterocycles. The number of piperazine rings is 1. The maximum Gasteiger partial charge on any atom is 0.213 e. The fourth-order valence-corrected chi connectivity index (χ4v) is 2.24. The largest absolute Gasteiger partial charge is 0.343 e. The predicted molar refractivity (Wildman–Crippen MR) is 60.9 cm³/mol. The number of nitrogens with one attached hydrogen (secondary N) is 1. The average molecular weight is 224 g/mol. The van der Waals surface area contributed by atoms with Gasteiger partial charge in [0.2, 0.25) is 6.39 Å². The Labute approximate surface area is 96.2 Å². The van der Waals surface area contributed by atoms with Crippen LogP contribution in [0, 0.1) is 0 Å². The summed E-state index contributed by atoms with van der Waals surface area (Å²) < 4.78 is 4.77. The first-order valence-corrected chi connectivity index (χ1v) is 6.06. The minimum Gasteiger partial charge on any atom is -0.343 e. The number of hydrogen-bond acceptors (Lipinski definition) is 5. The standard InChI is InChI=1S/C11H20N4O/c1-3-9-6-15(10(4-2)5-12-9)7-11-13-8-16-14-11/h8-10,12H,3-7H2,1-2H3. The van der Waals surface area contributed by atoms with Crippen molar-refractivity contribution in [3.05, 3.63) is 12.2 Å². The second-order valence-corrected chi connectivity index (χ2v) is 4.35. The maximum absolute atomic E-state index is 4.77. The molecule has 1 saturated heterocycles. The van der Waals surface area contributed by atoms with E-state index in [4.69, 9.17) is 4.52 Å². The maximum atomic E-state index is 4.77. The summed E-state index contributed by atoms with van der Waals surface area (Å²) >= 11 is 0. The van der Waals surface area contributed by atoms with Crippen molar-refractivity contribution in [2.75, 3.05) is 13.1 Å². The van der Waals surface area contributed by atoms with Gasteiger partial charge in [-0.15, -0.1) is 0 Å². The van der Waals surface area contributed by atoms with Crippen molar-refractivity contribution in [2.24, 2.45) is 0 Å². The van der Waals surface area contributed by atoms with E-state index in [1.807, 2.05) is 0 Å². The molecule has 1 aromatic rings. The van der Waals surface area contributed by atoms with Crippen LogP contribution in [0.4, 0.5) is 0 Å². The second kappa shape index (κ2) is 5.41. The van der Waals surface area contributed by atoms with E-state index in [1.165, 1.54) is 12.8 Å². The van der Waals surface area contributed by atoms with Gasteiger partial charge in [-0.1, -0.05) is 19.0 Å². The topological polar surface area (TPSA) is 54.2 Å². The first-order valence-electron chi connectivity index (χ1n) is 6.06. The highest BCUT2D eigenvalue weighted by atomic mass is 16.5. The first kappa shape index (κ1) is 11.5. The highest BCUT2D eigenvalue weighted by Gasteiger charge is 2.26. The van der Waals surface area contributed by atoms with E-state index in [1.54, 1.807) is 0 Å². The van der Waals surface area contributed by atoms with Crippen LogP contribution in [0.15, 0.2) is 10.9 Å².